The lowest BCUT2D eigenvalue weighted by Crippen LogP contribution is -2.38. The summed E-state index contributed by atoms with van der Waals surface area (Å²) in [7, 11) is 0. The third-order valence-electron chi connectivity index (χ3n) is 5.93. The third-order valence-corrected chi connectivity index (χ3v) is 7.17. The molecule has 5 rings (SSSR count). The Labute approximate surface area is 196 Å². The Morgan fingerprint density at radius 2 is 1.91 bits per heavy atom. The maximum atomic E-state index is 13.6. The predicted molar refractivity (Wildman–Crippen MR) is 126 cm³/mol. The Morgan fingerprint density at radius 3 is 2.61 bits per heavy atom. The number of thiazole rings is 1. The van der Waals surface area contributed by atoms with Crippen molar-refractivity contribution in [3.8, 4) is 21.8 Å². The third kappa shape index (κ3) is 4.98. The lowest BCUT2D eigenvalue weighted by molar-refractivity contribution is 0.0970. The van der Waals surface area contributed by atoms with Crippen LogP contribution in [-0.4, -0.2) is 51.7 Å². The normalized spacial score (nSPS) is 16.6. The molecule has 2 aliphatic rings. The van der Waals surface area contributed by atoms with E-state index < -0.39 is 0 Å². The summed E-state index contributed by atoms with van der Waals surface area (Å²) in [4.78, 5) is 28.9. The molecule has 0 spiro atoms. The number of ether oxygens (including phenoxy) is 1. The summed E-state index contributed by atoms with van der Waals surface area (Å²) >= 11 is 1.62. The van der Waals surface area contributed by atoms with Gasteiger partial charge in [0.05, 0.1) is 27.9 Å². The number of nitrogens with one attached hydrogen (secondary N) is 1. The molecule has 1 amide bonds. The summed E-state index contributed by atoms with van der Waals surface area (Å²) in [6.45, 7) is 3.49. The zero-order valence-electron chi connectivity index (χ0n) is 18.5. The number of anilines is 1. The van der Waals surface area contributed by atoms with Crippen molar-refractivity contribution in [1.82, 2.24) is 19.9 Å². The fraction of sp³-hybridized carbons (Fsp3) is 0.417. The van der Waals surface area contributed by atoms with Gasteiger partial charge in [-0.2, -0.15) is 0 Å². The van der Waals surface area contributed by atoms with E-state index in [1.165, 1.54) is 12.1 Å². The van der Waals surface area contributed by atoms with E-state index in [9.17, 15) is 9.18 Å². The number of aromatic nitrogens is 3. The van der Waals surface area contributed by atoms with E-state index in [1.807, 2.05) is 13.0 Å². The van der Waals surface area contributed by atoms with E-state index >= 15 is 0 Å². The van der Waals surface area contributed by atoms with Crippen molar-refractivity contribution in [2.24, 2.45) is 0 Å². The van der Waals surface area contributed by atoms with Crippen molar-refractivity contribution in [3.05, 3.63) is 47.4 Å². The Hall–Kier alpha value is -3.07. The molecule has 2 fully saturated rings. The first-order valence-electron chi connectivity index (χ1n) is 11.4. The number of piperidine rings is 1. The second-order valence-electron chi connectivity index (χ2n) is 8.38. The van der Waals surface area contributed by atoms with Crippen LogP contribution < -0.4 is 5.32 Å². The summed E-state index contributed by atoms with van der Waals surface area (Å²) in [6.07, 6.45) is 5.45. The highest BCUT2D eigenvalue weighted by molar-refractivity contribution is 7.15. The van der Waals surface area contributed by atoms with Crippen LogP contribution in [0, 0.1) is 5.82 Å². The highest BCUT2D eigenvalue weighted by Gasteiger charge is 2.28. The Bertz CT molecular complexity index is 1120. The first kappa shape index (κ1) is 21.8. The largest absolute Gasteiger partial charge is 0.450 e. The zero-order valence-corrected chi connectivity index (χ0v) is 19.3. The fourth-order valence-corrected chi connectivity index (χ4v) is 5.20. The molecule has 172 valence electrons. The van der Waals surface area contributed by atoms with Gasteiger partial charge in [0.2, 0.25) is 5.95 Å². The van der Waals surface area contributed by atoms with Gasteiger partial charge in [-0.3, -0.25) is 0 Å². The van der Waals surface area contributed by atoms with Crippen LogP contribution in [0.3, 0.4) is 0 Å². The number of carbonyl (C=O) groups is 1. The minimum Gasteiger partial charge on any atom is -0.450 e. The van der Waals surface area contributed by atoms with Crippen molar-refractivity contribution in [2.75, 3.05) is 25.0 Å². The van der Waals surface area contributed by atoms with Gasteiger partial charge in [-0.15, -0.1) is 11.3 Å². The molecule has 0 bridgehead atoms. The molecule has 1 aromatic carbocycles. The number of halogens is 1. The zero-order chi connectivity index (χ0) is 22.8. The number of benzene rings is 1. The van der Waals surface area contributed by atoms with E-state index in [1.54, 1.807) is 34.6 Å². The van der Waals surface area contributed by atoms with Crippen molar-refractivity contribution in [2.45, 2.75) is 44.6 Å². The van der Waals surface area contributed by atoms with Gasteiger partial charge in [0.1, 0.15) is 5.82 Å². The van der Waals surface area contributed by atoms with Crippen LogP contribution >= 0.6 is 11.3 Å². The maximum Gasteiger partial charge on any atom is 0.409 e. The standard InChI is InChI=1S/C24H26FN5O2S/c1-2-32-24(31)30-13-10-16(11-14-30)22-29-20(15-3-5-17(25)6-4-15)21(33-22)19-9-12-26-23(28-19)27-18-7-8-18/h3-6,9,12,16,18H,2,7-8,10-11,13-14H2,1H3,(H,26,27,28). The molecule has 0 unspecified atom stereocenters. The van der Waals surface area contributed by atoms with Gasteiger partial charge in [-0.25, -0.2) is 24.1 Å². The summed E-state index contributed by atoms with van der Waals surface area (Å²) in [5, 5.41) is 4.37. The van der Waals surface area contributed by atoms with Crippen LogP contribution in [0.15, 0.2) is 36.5 Å². The predicted octanol–water partition coefficient (Wildman–Crippen LogP) is 5.32. The molecule has 1 saturated carbocycles. The van der Waals surface area contributed by atoms with E-state index in [4.69, 9.17) is 14.7 Å². The second-order valence-corrected chi connectivity index (χ2v) is 9.41. The number of amides is 1. The second kappa shape index (κ2) is 9.43. The van der Waals surface area contributed by atoms with E-state index in [0.717, 1.165) is 52.5 Å². The molecule has 1 N–H and O–H groups in total. The van der Waals surface area contributed by atoms with E-state index in [2.05, 4.69) is 10.3 Å². The van der Waals surface area contributed by atoms with Crippen LogP contribution in [0.2, 0.25) is 0 Å². The molecule has 1 saturated heterocycles. The minimum atomic E-state index is -0.278. The van der Waals surface area contributed by atoms with Crippen molar-refractivity contribution in [1.29, 1.82) is 0 Å². The van der Waals surface area contributed by atoms with E-state index in [-0.39, 0.29) is 17.8 Å². The lowest BCUT2D eigenvalue weighted by Gasteiger charge is -2.30. The number of hydrogen-bond donors (Lipinski definition) is 1. The number of likely N-dealkylation sites (tertiary alicyclic amines) is 1. The average molecular weight is 468 g/mol. The molecule has 7 nitrogen and oxygen atoms in total. The van der Waals surface area contributed by atoms with Crippen molar-refractivity contribution >= 4 is 23.4 Å². The van der Waals surface area contributed by atoms with Gasteiger partial charge in [0.15, 0.2) is 0 Å². The van der Waals surface area contributed by atoms with Gasteiger partial charge in [-0.1, -0.05) is 0 Å². The van der Waals surface area contributed by atoms with Crippen LogP contribution in [-0.2, 0) is 4.74 Å². The van der Waals surface area contributed by atoms with Gasteiger partial charge in [0, 0.05) is 36.8 Å². The topological polar surface area (TPSA) is 80.2 Å². The van der Waals surface area contributed by atoms with Gasteiger partial charge >= 0.3 is 6.09 Å². The molecule has 33 heavy (non-hydrogen) atoms. The average Bonchev–Trinajstić information content (AvgIpc) is 3.54. The molecule has 0 radical (unpaired) electrons. The van der Waals surface area contributed by atoms with E-state index in [0.29, 0.717) is 31.7 Å². The van der Waals surface area contributed by atoms with Gasteiger partial charge in [-0.05, 0) is 62.9 Å². The molecule has 2 aromatic heterocycles. The van der Waals surface area contributed by atoms with Gasteiger partial charge < -0.3 is 15.0 Å². The number of hydrogen-bond acceptors (Lipinski definition) is 7. The first-order chi connectivity index (χ1) is 16.1. The molecular weight excluding hydrogens is 441 g/mol. The summed E-state index contributed by atoms with van der Waals surface area (Å²) in [5.74, 6) is 0.595. The summed E-state index contributed by atoms with van der Waals surface area (Å²) in [6, 6.07) is 8.77. The highest BCUT2D eigenvalue weighted by Crippen LogP contribution is 2.41. The number of rotatable bonds is 6. The Morgan fingerprint density at radius 1 is 1.15 bits per heavy atom. The molecule has 3 aromatic rings. The quantitative estimate of drug-likeness (QED) is 0.529. The highest BCUT2D eigenvalue weighted by atomic mass is 32.1. The lowest BCUT2D eigenvalue weighted by atomic mass is 9.98. The Balaban J connectivity index is 1.44. The van der Waals surface area contributed by atoms with Crippen molar-refractivity contribution < 1.29 is 13.9 Å². The fourth-order valence-electron chi connectivity index (χ4n) is 3.98. The molecule has 0 atom stereocenters. The smallest absolute Gasteiger partial charge is 0.409 e. The van der Waals surface area contributed by atoms with Gasteiger partial charge in [0.25, 0.3) is 0 Å². The first-order valence-corrected chi connectivity index (χ1v) is 12.2. The van der Waals surface area contributed by atoms with Crippen molar-refractivity contribution in [3.63, 3.8) is 0 Å². The van der Waals surface area contributed by atoms with Crippen LogP contribution in [0.25, 0.3) is 21.8 Å². The monoisotopic (exact) mass is 467 g/mol. The summed E-state index contributed by atoms with van der Waals surface area (Å²) < 4.78 is 18.7. The van der Waals surface area contributed by atoms with Crippen LogP contribution in [0.5, 0.6) is 0 Å². The number of nitrogens with zero attached hydrogens (tertiary/aromatic N) is 4. The summed E-state index contributed by atoms with van der Waals surface area (Å²) in [5.41, 5.74) is 2.47. The maximum absolute atomic E-state index is 13.6. The molecule has 1 aliphatic carbocycles. The molecular formula is C24H26FN5O2S. The minimum absolute atomic E-state index is 0.250. The Kier molecular flexibility index (Phi) is 6.22. The molecule has 3 heterocycles. The van der Waals surface area contributed by atoms with Crippen LogP contribution in [0.4, 0.5) is 15.1 Å². The number of carbonyl (C=O) groups excluding carboxylic acids is 1. The van der Waals surface area contributed by atoms with Crippen LogP contribution in [0.1, 0.15) is 43.5 Å². The molecule has 9 heteroatoms. The molecule has 1 aliphatic heterocycles. The SMILES string of the molecule is CCOC(=O)N1CCC(c2nc(-c3ccc(F)cc3)c(-c3ccnc(NC4CC4)n3)s2)CC1.